The van der Waals surface area contributed by atoms with Crippen molar-refractivity contribution in [3.8, 4) is 0 Å². The molecule has 0 bridgehead atoms. The summed E-state index contributed by atoms with van der Waals surface area (Å²) in [5.74, 6) is 0.506. The van der Waals surface area contributed by atoms with Gasteiger partial charge in [-0.2, -0.15) is 0 Å². The average molecular weight is 356 g/mol. The molecule has 1 unspecified atom stereocenters. The average Bonchev–Trinajstić information content (AvgIpc) is 2.97. The van der Waals surface area contributed by atoms with Crippen molar-refractivity contribution in [2.45, 2.75) is 44.6 Å². The summed E-state index contributed by atoms with van der Waals surface area (Å²) in [5, 5.41) is 5.91. The van der Waals surface area contributed by atoms with Crippen LogP contribution in [0.4, 0.5) is 11.4 Å². The highest BCUT2D eigenvalue weighted by atomic mass is 16.2. The number of imide groups is 1. The van der Waals surface area contributed by atoms with Gasteiger partial charge in [0.2, 0.25) is 11.8 Å². The van der Waals surface area contributed by atoms with E-state index in [9.17, 15) is 9.59 Å². The summed E-state index contributed by atoms with van der Waals surface area (Å²) in [7, 11) is 2.07. The molecule has 0 aromatic heterocycles. The molecule has 3 heterocycles. The number of nitrogens with one attached hydrogen (secondary N) is 2. The van der Waals surface area contributed by atoms with E-state index in [0.717, 1.165) is 31.1 Å². The van der Waals surface area contributed by atoms with Crippen molar-refractivity contribution in [3.63, 3.8) is 0 Å². The first-order valence-electron chi connectivity index (χ1n) is 9.77. The van der Waals surface area contributed by atoms with Gasteiger partial charge in [0.15, 0.2) is 0 Å². The molecule has 0 saturated carbocycles. The predicted octanol–water partition coefficient (Wildman–Crippen LogP) is 1.64. The van der Waals surface area contributed by atoms with Crippen LogP contribution in [0.25, 0.3) is 0 Å². The maximum Gasteiger partial charge on any atom is 0.249 e. The SMILES string of the molecule is CN1CN(C2CCC(=O)NC2=O)c2ccc(CCC3CCNCC3)cc21. The minimum atomic E-state index is -0.253. The van der Waals surface area contributed by atoms with Gasteiger partial charge in [0.25, 0.3) is 0 Å². The van der Waals surface area contributed by atoms with Crippen molar-refractivity contribution in [1.82, 2.24) is 10.6 Å². The van der Waals surface area contributed by atoms with E-state index in [1.165, 1.54) is 30.5 Å². The number of aryl methyl sites for hydroxylation is 1. The first-order chi connectivity index (χ1) is 12.6. The van der Waals surface area contributed by atoms with Gasteiger partial charge < -0.3 is 15.1 Å². The van der Waals surface area contributed by atoms with Gasteiger partial charge in [-0.1, -0.05) is 6.07 Å². The molecule has 4 rings (SSSR count). The Hall–Kier alpha value is -2.08. The van der Waals surface area contributed by atoms with Crippen LogP contribution in [0.1, 0.15) is 37.7 Å². The summed E-state index contributed by atoms with van der Waals surface area (Å²) in [6.45, 7) is 3.00. The largest absolute Gasteiger partial charge is 0.355 e. The Labute approximate surface area is 154 Å². The van der Waals surface area contributed by atoms with Crippen LogP contribution >= 0.6 is 0 Å². The second-order valence-electron chi connectivity index (χ2n) is 7.83. The summed E-state index contributed by atoms with van der Waals surface area (Å²) >= 11 is 0. The van der Waals surface area contributed by atoms with Crippen LogP contribution in [0.5, 0.6) is 0 Å². The second-order valence-corrected chi connectivity index (χ2v) is 7.83. The topological polar surface area (TPSA) is 64.7 Å². The van der Waals surface area contributed by atoms with Crippen LogP contribution in [0.15, 0.2) is 18.2 Å². The van der Waals surface area contributed by atoms with E-state index in [-0.39, 0.29) is 17.9 Å². The van der Waals surface area contributed by atoms with E-state index >= 15 is 0 Å². The molecular formula is C20H28N4O2. The summed E-state index contributed by atoms with van der Waals surface area (Å²) in [6.07, 6.45) is 5.95. The third kappa shape index (κ3) is 3.43. The number of anilines is 2. The minimum absolute atomic E-state index is 0.160. The molecule has 1 atom stereocenters. The summed E-state index contributed by atoms with van der Waals surface area (Å²) in [4.78, 5) is 28.0. The molecule has 3 aliphatic heterocycles. The van der Waals surface area contributed by atoms with E-state index in [4.69, 9.17) is 0 Å². The van der Waals surface area contributed by atoms with Gasteiger partial charge in [0.1, 0.15) is 6.04 Å². The lowest BCUT2D eigenvalue weighted by molar-refractivity contribution is -0.134. The number of fused-ring (bicyclic) bond motifs is 1. The van der Waals surface area contributed by atoms with Crippen molar-refractivity contribution in [2.24, 2.45) is 5.92 Å². The van der Waals surface area contributed by atoms with Crippen molar-refractivity contribution < 1.29 is 9.59 Å². The lowest BCUT2D eigenvalue weighted by atomic mass is 9.91. The quantitative estimate of drug-likeness (QED) is 0.803. The maximum atomic E-state index is 12.3. The third-order valence-electron chi connectivity index (χ3n) is 6.01. The van der Waals surface area contributed by atoms with Crippen LogP contribution < -0.4 is 20.4 Å². The Morgan fingerprint density at radius 2 is 1.92 bits per heavy atom. The Kier molecular flexibility index (Phi) is 4.85. The van der Waals surface area contributed by atoms with Crippen molar-refractivity contribution in [3.05, 3.63) is 23.8 Å². The van der Waals surface area contributed by atoms with Crippen molar-refractivity contribution in [1.29, 1.82) is 0 Å². The van der Waals surface area contributed by atoms with E-state index < -0.39 is 0 Å². The zero-order chi connectivity index (χ0) is 18.1. The number of hydrogen-bond donors (Lipinski definition) is 2. The molecule has 3 aliphatic rings. The van der Waals surface area contributed by atoms with Crippen LogP contribution in [-0.2, 0) is 16.0 Å². The highest BCUT2D eigenvalue weighted by Gasteiger charge is 2.36. The molecule has 0 aliphatic carbocycles. The number of benzene rings is 1. The summed E-state index contributed by atoms with van der Waals surface area (Å²) in [6, 6.07) is 6.39. The molecule has 1 aromatic carbocycles. The molecule has 140 valence electrons. The van der Waals surface area contributed by atoms with Gasteiger partial charge in [0, 0.05) is 13.5 Å². The minimum Gasteiger partial charge on any atom is -0.355 e. The lowest BCUT2D eigenvalue weighted by Crippen LogP contribution is -2.53. The van der Waals surface area contributed by atoms with E-state index in [1.54, 1.807) is 0 Å². The smallest absolute Gasteiger partial charge is 0.249 e. The van der Waals surface area contributed by atoms with Crippen LogP contribution in [0.3, 0.4) is 0 Å². The molecule has 2 amide bonds. The lowest BCUT2D eigenvalue weighted by Gasteiger charge is -2.31. The van der Waals surface area contributed by atoms with Crippen LogP contribution in [0, 0.1) is 5.92 Å². The first-order valence-corrected chi connectivity index (χ1v) is 9.77. The normalized spacial score (nSPS) is 24.0. The molecular weight excluding hydrogens is 328 g/mol. The van der Waals surface area contributed by atoms with Gasteiger partial charge in [-0.3, -0.25) is 14.9 Å². The second kappa shape index (κ2) is 7.27. The first kappa shape index (κ1) is 17.3. The standard InChI is InChI=1S/C20H28N4O2/c1-23-13-24(17-6-7-19(25)22-20(17)26)16-5-4-15(12-18(16)23)3-2-14-8-10-21-11-9-14/h4-5,12,14,17,21H,2-3,6-11,13H2,1H3,(H,22,25,26). The molecule has 6 heteroatoms. The molecule has 26 heavy (non-hydrogen) atoms. The number of piperidine rings is 2. The Balaban J connectivity index is 1.46. The maximum absolute atomic E-state index is 12.3. The fourth-order valence-corrected chi connectivity index (χ4v) is 4.44. The van der Waals surface area contributed by atoms with Gasteiger partial charge in [-0.15, -0.1) is 0 Å². The van der Waals surface area contributed by atoms with Gasteiger partial charge in [-0.05, 0) is 68.8 Å². The third-order valence-corrected chi connectivity index (χ3v) is 6.01. The number of carbonyl (C=O) groups is 2. The molecule has 1 aromatic rings. The molecule has 2 fully saturated rings. The van der Waals surface area contributed by atoms with Gasteiger partial charge >= 0.3 is 0 Å². The summed E-state index contributed by atoms with van der Waals surface area (Å²) < 4.78 is 0. The van der Waals surface area contributed by atoms with E-state index in [1.807, 2.05) is 0 Å². The molecule has 0 spiro atoms. The Morgan fingerprint density at radius 3 is 2.69 bits per heavy atom. The number of hydrogen-bond acceptors (Lipinski definition) is 5. The monoisotopic (exact) mass is 356 g/mol. The number of amides is 2. The Morgan fingerprint density at radius 1 is 1.12 bits per heavy atom. The van der Waals surface area contributed by atoms with Crippen LogP contribution in [-0.4, -0.2) is 44.7 Å². The highest BCUT2D eigenvalue weighted by Crippen LogP contribution is 2.38. The molecule has 6 nitrogen and oxygen atoms in total. The van der Waals surface area contributed by atoms with E-state index in [2.05, 4.69) is 45.7 Å². The molecule has 2 saturated heterocycles. The van der Waals surface area contributed by atoms with Gasteiger partial charge in [-0.25, -0.2) is 0 Å². The highest BCUT2D eigenvalue weighted by molar-refractivity contribution is 6.02. The zero-order valence-electron chi connectivity index (χ0n) is 15.5. The summed E-state index contributed by atoms with van der Waals surface area (Å²) in [5.41, 5.74) is 3.67. The Bertz CT molecular complexity index is 699. The fraction of sp³-hybridized carbons (Fsp3) is 0.600. The van der Waals surface area contributed by atoms with E-state index in [0.29, 0.717) is 19.5 Å². The van der Waals surface area contributed by atoms with Crippen molar-refractivity contribution >= 4 is 23.2 Å². The zero-order valence-corrected chi connectivity index (χ0v) is 15.5. The molecule has 2 N–H and O–H groups in total. The van der Waals surface area contributed by atoms with Crippen molar-refractivity contribution in [2.75, 3.05) is 36.6 Å². The van der Waals surface area contributed by atoms with Crippen LogP contribution in [0.2, 0.25) is 0 Å². The number of carbonyl (C=O) groups excluding carboxylic acids is 2. The number of nitrogens with zero attached hydrogens (tertiary/aromatic N) is 2. The predicted molar refractivity (Wildman–Crippen MR) is 102 cm³/mol. The fourth-order valence-electron chi connectivity index (χ4n) is 4.44. The number of rotatable bonds is 4. The molecule has 0 radical (unpaired) electrons. The van der Waals surface area contributed by atoms with Gasteiger partial charge in [0.05, 0.1) is 18.0 Å².